The Balaban J connectivity index is 0.000000118. The quantitative estimate of drug-likeness (QED) is 0.0536. The van der Waals surface area contributed by atoms with Gasteiger partial charge in [-0.25, -0.2) is 28.4 Å². The second-order valence-corrected chi connectivity index (χ2v) is 33.4. The summed E-state index contributed by atoms with van der Waals surface area (Å²) in [5.74, 6) is 3.63. The van der Waals surface area contributed by atoms with E-state index < -0.39 is 17.8 Å². The highest BCUT2D eigenvalue weighted by molar-refractivity contribution is 6.32. The van der Waals surface area contributed by atoms with Crippen LogP contribution in [-0.2, 0) is 84.0 Å². The van der Waals surface area contributed by atoms with Crippen molar-refractivity contribution in [3.63, 3.8) is 0 Å². The molecule has 26 nitrogen and oxygen atoms in total. The number of rotatable bonds is 8. The van der Waals surface area contributed by atoms with Gasteiger partial charge in [-0.1, -0.05) is 72.8 Å². The van der Waals surface area contributed by atoms with Crippen LogP contribution in [0, 0.1) is 19.7 Å². The van der Waals surface area contributed by atoms with Gasteiger partial charge in [0.2, 0.25) is 0 Å². The molecule has 0 aliphatic carbocycles. The molecule has 14 aromatic carbocycles. The number of carbonyl (C=O) groups excluding carboxylic acids is 6. The molecule has 8 heterocycles. The second kappa shape index (κ2) is 42.6. The van der Waals surface area contributed by atoms with Crippen molar-refractivity contribution in [2.75, 3.05) is 55.9 Å². The maximum Gasteiger partial charge on any atom is 0.339 e. The van der Waals surface area contributed by atoms with E-state index in [2.05, 4.69) is 6.58 Å². The van der Waals surface area contributed by atoms with Gasteiger partial charge in [0, 0.05) is 69.0 Å². The number of hydrogen-bond donors (Lipinski definition) is 5. The number of esters is 6. The van der Waals surface area contributed by atoms with Crippen LogP contribution in [0.25, 0.3) is 83.6 Å². The number of fused-ring (bicyclic) bond motifs is 21. The SMILES string of the molecule is C=C1OCc2cc(O)ccc2-c2ccccc21.COc1ccc2c(c1)C(=O)OCc1cc(OC)c(C)cc1-2.COc1ccc2c(c1)CC(=O)Oc1cc(OC)ccc1-2.COc1ccc2c(c1)COC(=O)c1cc(OC)ccc1-2.Cc1cc(F)c2c(c1)C(=O)OCc1cc(O)ccc1-2.O=C1OCc2cc(O)c(Cl)cc2-c2ccc(O)cc21.O=C1OCc2cc(O)ccc2-c2ccc(OC3CCOCC3)cc21. The number of ether oxygens (including phenoxy) is 15. The van der Waals surface area contributed by atoms with Crippen LogP contribution in [0.3, 0.4) is 0 Å². The van der Waals surface area contributed by atoms with Crippen molar-refractivity contribution in [2.45, 2.75) is 78.9 Å². The number of hydrogen-bond acceptors (Lipinski definition) is 26. The van der Waals surface area contributed by atoms with E-state index in [-0.39, 0.29) is 120 Å². The third-order valence-corrected chi connectivity index (χ3v) is 24.4. The minimum absolute atomic E-state index is 0.0102. The fourth-order valence-corrected chi connectivity index (χ4v) is 17.3. The zero-order valence-electron chi connectivity index (χ0n) is 77.2. The molecule has 0 bridgehead atoms. The monoisotopic (exact) mass is 1910 g/mol. The molecule has 28 heteroatoms. The van der Waals surface area contributed by atoms with Crippen LogP contribution in [-0.4, -0.2) is 123 Å². The van der Waals surface area contributed by atoms with Gasteiger partial charge in [-0.3, -0.25) is 4.79 Å². The predicted molar refractivity (Wildman–Crippen MR) is 518 cm³/mol. The molecule has 0 aromatic heterocycles. The van der Waals surface area contributed by atoms with Crippen LogP contribution in [0.5, 0.6) is 74.7 Å². The number of benzene rings is 14. The molecule has 140 heavy (non-hydrogen) atoms. The van der Waals surface area contributed by atoms with E-state index in [0.29, 0.717) is 104 Å². The summed E-state index contributed by atoms with van der Waals surface area (Å²) in [5.41, 5.74) is 22.1. The van der Waals surface area contributed by atoms with Crippen LogP contribution >= 0.6 is 11.6 Å². The Morgan fingerprint density at radius 2 is 0.707 bits per heavy atom. The zero-order chi connectivity index (χ0) is 98.7. The third-order valence-electron chi connectivity index (χ3n) is 24.1. The van der Waals surface area contributed by atoms with Gasteiger partial charge in [0.1, 0.15) is 132 Å². The lowest BCUT2D eigenvalue weighted by atomic mass is 9.94. The first kappa shape index (κ1) is 96.3. The van der Waals surface area contributed by atoms with Crippen molar-refractivity contribution in [1.82, 2.24) is 0 Å². The van der Waals surface area contributed by atoms with Gasteiger partial charge in [0.15, 0.2) is 0 Å². The fourth-order valence-electron chi connectivity index (χ4n) is 17.1. The van der Waals surface area contributed by atoms with E-state index >= 15 is 0 Å². The minimum Gasteiger partial charge on any atom is -0.508 e. The van der Waals surface area contributed by atoms with Gasteiger partial charge in [-0.05, 0) is 279 Å². The first-order chi connectivity index (χ1) is 67.6. The molecule has 0 saturated carbocycles. The average Bonchev–Trinajstić information content (AvgIpc) is 1.66. The summed E-state index contributed by atoms with van der Waals surface area (Å²) in [6, 6.07) is 70.8. The third kappa shape index (κ3) is 21.4. The van der Waals surface area contributed by atoms with E-state index in [9.17, 15) is 58.7 Å². The number of aryl methyl sites for hydroxylation is 2. The standard InChI is InChI=1S/C19H18O5.C17H16O4.2C16H14O4.C15H11FO3.C15H12O2.C14H9ClO4/c20-13-1-3-16-12(9-13)11-23-19(21)18-10-15(2-4-17(16)18)24-14-5-7-22-8-6-14;1-10-6-14-11(7-16(10)20-3)9-21-17(18)15-8-12(19-2)4-5-13(14)15;1-18-11-3-5-13-10(7-11)9-20-16(17)15-8-12(19-2)4-6-14(13)15;1-18-11-3-5-13-10(7-11)8-16(17)20-15-9-12(19-2)4-6-14(13)15;1-8-4-12-14(13(16)5-8)11-3-2-10(17)6-9(11)7-19-15(12)18;1-10-13-4-2-3-5-15(13)14-7-6-12(16)8-11(14)9-17-10;15-12-5-10-7(3-13(12)17)6-19-14(18)11-4-8(16)1-2-9(10)11/h1-4,9-10,14,20H,5-8,11H2;4-8H,9H2,1-3H3;3-8H,9H2,1-2H3;3-7,9H,8H2,1-2H3;2-6,17H,7H2,1H3;2-8,16H,1,9H2;1-5,16-17H,6H2. The molecule has 0 radical (unpaired) electrons. The van der Waals surface area contributed by atoms with Crippen molar-refractivity contribution >= 4 is 53.2 Å². The summed E-state index contributed by atoms with van der Waals surface area (Å²) >= 11 is 5.91. The Hall–Kier alpha value is -16.8. The van der Waals surface area contributed by atoms with Crippen LogP contribution in [0.2, 0.25) is 5.02 Å². The number of methoxy groups -OCH3 is 6. The largest absolute Gasteiger partial charge is 0.508 e. The van der Waals surface area contributed by atoms with Gasteiger partial charge in [0.25, 0.3) is 0 Å². The molecule has 1 fully saturated rings. The van der Waals surface area contributed by atoms with Crippen molar-refractivity contribution < 1.29 is 130 Å². The maximum atomic E-state index is 14.2. The second-order valence-electron chi connectivity index (χ2n) is 33.0. The average molecular weight is 1910 g/mol. The van der Waals surface area contributed by atoms with E-state index in [0.717, 1.165) is 125 Å². The van der Waals surface area contributed by atoms with Crippen molar-refractivity contribution in [3.8, 4) is 153 Å². The Morgan fingerprint density at radius 3 is 1.23 bits per heavy atom. The number of halogens is 2. The van der Waals surface area contributed by atoms with E-state index in [1.165, 1.54) is 36.4 Å². The topological polar surface area (TPSA) is 342 Å². The lowest BCUT2D eigenvalue weighted by molar-refractivity contribution is -0.133. The van der Waals surface area contributed by atoms with Gasteiger partial charge >= 0.3 is 35.8 Å². The van der Waals surface area contributed by atoms with Crippen LogP contribution in [0.1, 0.15) is 120 Å². The number of phenols is 5. The number of phenolic OH excluding ortho intramolecular Hbond substituents is 5. The van der Waals surface area contributed by atoms with Gasteiger partial charge in [-0.15, -0.1) is 0 Å². The Morgan fingerprint density at radius 1 is 0.336 bits per heavy atom. The highest BCUT2D eigenvalue weighted by atomic mass is 35.5. The summed E-state index contributed by atoms with van der Waals surface area (Å²) in [4.78, 5) is 72.3. The van der Waals surface area contributed by atoms with Gasteiger partial charge in [0.05, 0.1) is 95.1 Å². The molecule has 712 valence electrons. The molecule has 0 atom stereocenters. The lowest BCUT2D eigenvalue weighted by Crippen LogP contribution is -2.25. The van der Waals surface area contributed by atoms with Crippen LogP contribution < -0.4 is 37.9 Å². The molecule has 0 amide bonds. The van der Waals surface area contributed by atoms with Crippen LogP contribution in [0.4, 0.5) is 4.39 Å². The Bertz CT molecular complexity index is 7150. The molecule has 1 saturated heterocycles. The molecule has 5 N–H and O–H groups in total. The van der Waals surface area contributed by atoms with E-state index in [4.69, 9.17) is 82.7 Å². The highest BCUT2D eigenvalue weighted by Gasteiger charge is 2.32. The van der Waals surface area contributed by atoms with Crippen molar-refractivity contribution in [3.05, 3.63) is 344 Å². The smallest absolute Gasteiger partial charge is 0.339 e. The predicted octanol–water partition coefficient (Wildman–Crippen LogP) is 22.3. The highest BCUT2D eigenvalue weighted by Crippen LogP contribution is 2.46. The first-order valence-corrected chi connectivity index (χ1v) is 44.6. The molecule has 8 aliphatic rings. The maximum absolute atomic E-state index is 14.2. The summed E-state index contributed by atoms with van der Waals surface area (Å²) in [5, 5.41) is 47.9. The Labute approximate surface area is 809 Å². The van der Waals surface area contributed by atoms with Crippen LogP contribution in [0.15, 0.2) is 249 Å². The first-order valence-electron chi connectivity index (χ1n) is 44.2. The number of cyclic esters (lactones) is 5. The molecule has 8 aliphatic heterocycles. The number of carbonyl (C=O) groups is 6. The fraction of sp³-hybridized carbons (Fsp3) is 0.179. The summed E-state index contributed by atoms with van der Waals surface area (Å²) < 4.78 is 94.0. The molecule has 0 spiro atoms. The van der Waals surface area contributed by atoms with Crippen molar-refractivity contribution in [2.24, 2.45) is 0 Å². The molecule has 0 unspecified atom stereocenters. The molecule has 22 rings (SSSR count). The minimum atomic E-state index is -0.548. The lowest BCUT2D eigenvalue weighted by Gasteiger charge is -2.23. The van der Waals surface area contributed by atoms with Gasteiger partial charge < -0.3 is 96.6 Å². The zero-order valence-corrected chi connectivity index (χ0v) is 78.0. The van der Waals surface area contributed by atoms with Crippen molar-refractivity contribution in [1.29, 1.82) is 0 Å². The van der Waals surface area contributed by atoms with Gasteiger partial charge in [-0.2, -0.15) is 0 Å². The molecule has 14 aromatic rings. The summed E-state index contributed by atoms with van der Waals surface area (Å²) in [7, 11) is 9.59. The normalized spacial score (nSPS) is 13.8. The molecular weight excluding hydrogens is 1820 g/mol. The van der Waals surface area contributed by atoms with E-state index in [1.807, 2.05) is 140 Å². The van der Waals surface area contributed by atoms with E-state index in [1.54, 1.807) is 122 Å². The summed E-state index contributed by atoms with van der Waals surface area (Å²) in [6.45, 7) is 10.2. The molecular formula is C112H94ClFO26. The number of aromatic hydroxyl groups is 5. The summed E-state index contributed by atoms with van der Waals surface area (Å²) in [6.07, 6.45) is 2.04. The Kier molecular flexibility index (Phi) is 29.3.